The van der Waals surface area contributed by atoms with E-state index in [2.05, 4.69) is 97.7 Å². The third-order valence-corrected chi connectivity index (χ3v) is 24.3. The van der Waals surface area contributed by atoms with Crippen LogP contribution in [0.3, 0.4) is 0 Å². The molecule has 0 radical (unpaired) electrons. The Morgan fingerprint density at radius 3 is 1.59 bits per heavy atom. The molecule has 0 saturated heterocycles. The van der Waals surface area contributed by atoms with Gasteiger partial charge in [-0.3, -0.25) is 14.9 Å². The van der Waals surface area contributed by atoms with E-state index in [9.17, 15) is 10.2 Å². The highest BCUT2D eigenvalue weighted by Crippen LogP contribution is 2.70. The summed E-state index contributed by atoms with van der Waals surface area (Å²) in [5, 5.41) is 27.3. The van der Waals surface area contributed by atoms with Gasteiger partial charge in [-0.05, 0) is 191 Å². The molecular formula is C67H107N3O4. The van der Waals surface area contributed by atoms with Crippen LogP contribution in [0.4, 0.5) is 0 Å². The fraction of sp³-hybridized carbons (Fsp3) is 0.821. The number of likely N-dealkylation sites (N-methyl/N-ethyl adjacent to an activating group) is 1. The highest BCUT2D eigenvalue weighted by atomic mass is 16.3. The van der Waals surface area contributed by atoms with Crippen LogP contribution in [0, 0.1) is 105 Å². The molecule has 8 aliphatic rings. The van der Waals surface area contributed by atoms with E-state index in [4.69, 9.17) is 5.73 Å². The van der Waals surface area contributed by atoms with Crippen LogP contribution in [-0.4, -0.2) is 65.7 Å². The molecule has 0 aromatic heterocycles. The van der Waals surface area contributed by atoms with Gasteiger partial charge in [0.05, 0.1) is 18.4 Å². The van der Waals surface area contributed by atoms with Crippen LogP contribution >= 0.6 is 0 Å². The molecule has 7 nitrogen and oxygen atoms in total. The molecule has 0 spiro atoms. The molecule has 0 heterocycles. The number of nitrogens with one attached hydrogen (secondary N) is 1. The number of fused-ring (bicyclic) bond motifs is 10. The Morgan fingerprint density at radius 2 is 1.14 bits per heavy atom. The van der Waals surface area contributed by atoms with Crippen molar-refractivity contribution >= 4 is 11.6 Å². The summed E-state index contributed by atoms with van der Waals surface area (Å²) in [5.74, 6) is 6.63. The first kappa shape index (κ1) is 56.6. The molecule has 1 aromatic carbocycles. The topological polar surface area (TPSA) is 116 Å². The fourth-order valence-electron chi connectivity index (χ4n) is 20.6. The minimum atomic E-state index is -0.608. The van der Waals surface area contributed by atoms with Crippen LogP contribution in [0.1, 0.15) is 224 Å². The van der Waals surface area contributed by atoms with Gasteiger partial charge in [-0.1, -0.05) is 149 Å². The number of hydrogen-bond donors (Lipinski definition) is 4. The highest BCUT2D eigenvalue weighted by Gasteiger charge is 2.64. The maximum atomic E-state index is 16.5. The van der Waals surface area contributed by atoms with Crippen LogP contribution in [0.2, 0.25) is 0 Å². The second kappa shape index (κ2) is 22.2. The zero-order chi connectivity index (χ0) is 53.2. The first-order valence-corrected chi connectivity index (χ1v) is 31.1. The molecule has 19 atom stereocenters. The summed E-state index contributed by atoms with van der Waals surface area (Å²) in [6.45, 7) is 25.6. The van der Waals surface area contributed by atoms with Gasteiger partial charge in [0, 0.05) is 46.9 Å². The normalized spacial score (nSPS) is 40.8. The molecule has 0 bridgehead atoms. The molecule has 6 fully saturated rings. The number of Topliss-reactive ketones (excluding diaryl/α,β-unsaturated/α-hetero) is 2. The highest BCUT2D eigenvalue weighted by molar-refractivity contribution is 6.12. The van der Waals surface area contributed by atoms with Crippen LogP contribution in [0.15, 0.2) is 41.5 Å². The van der Waals surface area contributed by atoms with Crippen molar-refractivity contribution in [2.45, 2.75) is 223 Å². The Balaban J connectivity index is 1.05. The number of benzene rings is 1. The van der Waals surface area contributed by atoms with Crippen LogP contribution in [0.25, 0.3) is 0 Å². The average Bonchev–Trinajstić information content (AvgIpc) is 3.89. The zero-order valence-corrected chi connectivity index (χ0v) is 49.0. The second-order valence-corrected chi connectivity index (χ2v) is 29.4. The number of carbonyl (C=O) groups is 2. The lowest BCUT2D eigenvalue weighted by molar-refractivity contribution is -0.0728. The Hall–Kier alpha value is -2.16. The molecule has 1 aromatic rings. The van der Waals surface area contributed by atoms with Crippen molar-refractivity contribution in [1.82, 2.24) is 10.2 Å². The molecular weight excluding hydrogens is 911 g/mol. The standard InChI is InChI=1S/C67H107N3O4/c1-40(2)16-13-18-42(5)52-26-28-54-49-24-22-45-34-47(71)36-58(66(45,9)56(49)30-32-64(52,54)7)62(73)51-21-15-20-44(38-69-60(68)39-70(11)12)61(51)63(74)59-37-48(72)35-46-23-25-50-55-29-27-53(43(6)19-14-17-41(3)4)65(55,8)33-31-57(50)67(46,59)10/h15,20-23,40-43,47-50,52-60,69,71-72H,13-14,16-19,24-39,68H2,1-12H3/t42-,43-,47-,48-,49+,50+,52-,53-,54+,55+,56+,57+,58?,59?,60?,64-,65-,66-,67-/m1/s1. The molecule has 0 amide bonds. The molecule has 9 rings (SSSR count). The number of nitrogens with zero attached hydrogens (tertiary/aromatic N) is 1. The smallest absolute Gasteiger partial charge is 0.167 e. The van der Waals surface area contributed by atoms with Crippen molar-refractivity contribution in [2.75, 3.05) is 20.6 Å². The van der Waals surface area contributed by atoms with E-state index in [1.54, 1.807) is 0 Å². The summed E-state index contributed by atoms with van der Waals surface area (Å²) in [5.41, 5.74) is 11.0. The number of rotatable bonds is 19. The summed E-state index contributed by atoms with van der Waals surface area (Å²) in [7, 11) is 4.04. The van der Waals surface area contributed by atoms with Crippen molar-refractivity contribution in [3.05, 3.63) is 58.2 Å². The van der Waals surface area contributed by atoms with E-state index >= 15 is 9.59 Å². The van der Waals surface area contributed by atoms with E-state index in [1.807, 2.05) is 26.2 Å². The van der Waals surface area contributed by atoms with Crippen LogP contribution in [-0.2, 0) is 6.54 Å². The molecule has 414 valence electrons. The van der Waals surface area contributed by atoms with Gasteiger partial charge >= 0.3 is 0 Å². The summed E-state index contributed by atoms with van der Waals surface area (Å²) >= 11 is 0. The molecule has 3 unspecified atom stereocenters. The molecule has 5 N–H and O–H groups in total. The maximum absolute atomic E-state index is 16.5. The third-order valence-electron chi connectivity index (χ3n) is 24.3. The largest absolute Gasteiger partial charge is 0.393 e. The Kier molecular flexibility index (Phi) is 16.9. The quantitative estimate of drug-likeness (QED) is 0.0620. The summed E-state index contributed by atoms with van der Waals surface area (Å²) in [6.07, 6.45) is 25.4. The number of aliphatic hydroxyl groups is 2. The van der Waals surface area contributed by atoms with Gasteiger partial charge in [-0.2, -0.15) is 0 Å². The molecule has 0 aliphatic heterocycles. The van der Waals surface area contributed by atoms with Gasteiger partial charge in [0.25, 0.3) is 0 Å². The van der Waals surface area contributed by atoms with Gasteiger partial charge in [0.15, 0.2) is 11.6 Å². The van der Waals surface area contributed by atoms with Crippen molar-refractivity contribution in [1.29, 1.82) is 0 Å². The minimum Gasteiger partial charge on any atom is -0.393 e. The van der Waals surface area contributed by atoms with Gasteiger partial charge in [-0.15, -0.1) is 0 Å². The number of ketones is 2. The van der Waals surface area contributed by atoms with E-state index in [-0.39, 0.29) is 17.7 Å². The number of carbonyl (C=O) groups excluding carboxylic acids is 2. The molecule has 74 heavy (non-hydrogen) atoms. The lowest BCUT2D eigenvalue weighted by Crippen LogP contribution is -2.56. The van der Waals surface area contributed by atoms with E-state index < -0.39 is 34.9 Å². The predicted molar refractivity (Wildman–Crippen MR) is 304 cm³/mol. The first-order chi connectivity index (χ1) is 35.0. The maximum Gasteiger partial charge on any atom is 0.167 e. The lowest BCUT2D eigenvalue weighted by Gasteiger charge is -2.60. The predicted octanol–water partition coefficient (Wildman–Crippen LogP) is 14.2. The molecule has 6 saturated carbocycles. The number of allylic oxidation sites excluding steroid dienone is 2. The van der Waals surface area contributed by atoms with Crippen molar-refractivity contribution in [2.24, 2.45) is 110 Å². The van der Waals surface area contributed by atoms with Gasteiger partial charge in [0.1, 0.15) is 0 Å². The second-order valence-electron chi connectivity index (χ2n) is 29.4. The van der Waals surface area contributed by atoms with Gasteiger partial charge in [-0.25, -0.2) is 0 Å². The summed E-state index contributed by atoms with van der Waals surface area (Å²) in [4.78, 5) is 34.9. The third kappa shape index (κ3) is 10.1. The van der Waals surface area contributed by atoms with Crippen LogP contribution < -0.4 is 11.1 Å². The SMILES string of the molecule is CC(C)CCC[C@@H](C)[C@H]1CC[C@H]2[C@@H]3CC=C4C[C@@H](O)CC(C(=O)c5cccc(CNC(N)CN(C)C)c5C(=O)C5C[C@H](O)CC6=CC[C@H]7[C@@H]8CC[C@H]([C@H](C)CCCC(C)C)[C@@]8(C)CC[C@@H]7[C@@]65C)[C@@]4(C)[C@H]3CC[C@]12C. The van der Waals surface area contributed by atoms with Gasteiger partial charge in [0.2, 0.25) is 0 Å². The van der Waals surface area contributed by atoms with E-state index in [0.29, 0.717) is 96.2 Å². The van der Waals surface area contributed by atoms with Gasteiger partial charge < -0.3 is 20.8 Å². The minimum absolute atomic E-state index is 0.0304. The molecule has 7 heteroatoms. The number of nitrogens with two attached hydrogens (primary N) is 1. The number of aliphatic hydroxyl groups excluding tert-OH is 2. The van der Waals surface area contributed by atoms with Crippen LogP contribution in [0.5, 0.6) is 0 Å². The Labute approximate surface area is 451 Å². The van der Waals surface area contributed by atoms with Crippen molar-refractivity contribution in [3.63, 3.8) is 0 Å². The lowest BCUT2D eigenvalue weighted by atomic mass is 9.44. The zero-order valence-electron chi connectivity index (χ0n) is 49.0. The van der Waals surface area contributed by atoms with E-state index in [0.717, 1.165) is 66.8 Å². The summed E-state index contributed by atoms with van der Waals surface area (Å²) < 4.78 is 0. The van der Waals surface area contributed by atoms with E-state index in [1.165, 1.54) is 88.2 Å². The average molecular weight is 1020 g/mol. The Morgan fingerprint density at radius 1 is 0.662 bits per heavy atom. The molecule has 8 aliphatic carbocycles. The number of hydrogen-bond acceptors (Lipinski definition) is 7. The first-order valence-electron chi connectivity index (χ1n) is 31.1. The fourth-order valence-corrected chi connectivity index (χ4v) is 20.6. The monoisotopic (exact) mass is 1020 g/mol. The summed E-state index contributed by atoms with van der Waals surface area (Å²) in [6, 6.07) is 6.01. The van der Waals surface area contributed by atoms with Crippen molar-refractivity contribution < 1.29 is 19.8 Å². The Bertz CT molecular complexity index is 2230. The van der Waals surface area contributed by atoms with Crippen molar-refractivity contribution in [3.8, 4) is 0 Å².